The van der Waals surface area contributed by atoms with Gasteiger partial charge in [0, 0.05) is 19.5 Å². The summed E-state index contributed by atoms with van der Waals surface area (Å²) in [6, 6.07) is -0.199. The molecular formula is C11H20N2O3. The Kier molecular flexibility index (Phi) is 4.58. The Morgan fingerprint density at radius 3 is 2.44 bits per heavy atom. The molecule has 1 rings (SSSR count). The summed E-state index contributed by atoms with van der Waals surface area (Å²) in [4.78, 5) is 21.4. The maximum Gasteiger partial charge on any atom is 0.314 e. The van der Waals surface area contributed by atoms with Gasteiger partial charge in [-0.1, -0.05) is 6.92 Å². The summed E-state index contributed by atoms with van der Waals surface area (Å²) in [6.45, 7) is 3.33. The van der Waals surface area contributed by atoms with Gasteiger partial charge >= 0.3 is 12.0 Å². The van der Waals surface area contributed by atoms with Gasteiger partial charge in [0.25, 0.3) is 0 Å². The first-order chi connectivity index (χ1) is 7.52. The first kappa shape index (κ1) is 12.8. The highest BCUT2D eigenvalue weighted by Gasteiger charge is 2.36. The van der Waals surface area contributed by atoms with Crippen LogP contribution < -0.4 is 10.6 Å². The SMILES string of the molecule is CC1(CCNC(=O)NCCCC(=O)O)CC1. The molecule has 0 spiro atoms. The van der Waals surface area contributed by atoms with Gasteiger partial charge in [-0.2, -0.15) is 0 Å². The van der Waals surface area contributed by atoms with Crippen LogP contribution in [-0.4, -0.2) is 30.2 Å². The van der Waals surface area contributed by atoms with Gasteiger partial charge in [0.2, 0.25) is 0 Å². The van der Waals surface area contributed by atoms with Crippen LogP contribution in [0.1, 0.15) is 39.0 Å². The lowest BCUT2D eigenvalue weighted by Gasteiger charge is -2.10. The molecule has 0 aromatic heterocycles. The third-order valence-electron chi connectivity index (χ3n) is 2.97. The Bertz CT molecular complexity index is 262. The van der Waals surface area contributed by atoms with Crippen LogP contribution in [0.4, 0.5) is 4.79 Å². The minimum absolute atomic E-state index is 0.0956. The molecule has 0 heterocycles. The summed E-state index contributed by atoms with van der Waals surface area (Å²) in [5.41, 5.74) is 0.455. The normalized spacial score (nSPS) is 16.6. The van der Waals surface area contributed by atoms with Crippen LogP contribution in [-0.2, 0) is 4.79 Å². The molecule has 0 unspecified atom stereocenters. The molecule has 16 heavy (non-hydrogen) atoms. The molecular weight excluding hydrogens is 208 g/mol. The zero-order valence-electron chi connectivity index (χ0n) is 9.71. The molecule has 5 nitrogen and oxygen atoms in total. The van der Waals surface area contributed by atoms with E-state index in [2.05, 4.69) is 17.6 Å². The summed E-state index contributed by atoms with van der Waals surface area (Å²) in [6.07, 6.45) is 4.11. The maximum atomic E-state index is 11.2. The number of amides is 2. The van der Waals surface area contributed by atoms with Crippen LogP contribution in [0.25, 0.3) is 0 Å². The quantitative estimate of drug-likeness (QED) is 0.575. The monoisotopic (exact) mass is 228 g/mol. The number of aliphatic carboxylic acids is 1. The predicted molar refractivity (Wildman–Crippen MR) is 60.2 cm³/mol. The topological polar surface area (TPSA) is 78.4 Å². The van der Waals surface area contributed by atoms with Gasteiger partial charge in [-0.05, 0) is 31.1 Å². The van der Waals surface area contributed by atoms with Crippen LogP contribution >= 0.6 is 0 Å². The smallest absolute Gasteiger partial charge is 0.314 e. The molecule has 0 atom stereocenters. The zero-order chi connectivity index (χ0) is 12.0. The van der Waals surface area contributed by atoms with E-state index < -0.39 is 5.97 Å². The predicted octanol–water partition coefficient (Wildman–Crippen LogP) is 1.34. The molecule has 0 radical (unpaired) electrons. The molecule has 1 saturated carbocycles. The number of nitrogens with one attached hydrogen (secondary N) is 2. The van der Waals surface area contributed by atoms with E-state index in [9.17, 15) is 9.59 Å². The third kappa shape index (κ3) is 5.58. The van der Waals surface area contributed by atoms with Crippen molar-refractivity contribution in [3.63, 3.8) is 0 Å². The van der Waals surface area contributed by atoms with Crippen LogP contribution in [0, 0.1) is 5.41 Å². The summed E-state index contributed by atoms with van der Waals surface area (Å²) in [5, 5.41) is 13.8. The number of hydrogen-bond acceptors (Lipinski definition) is 2. The molecule has 0 aliphatic heterocycles. The van der Waals surface area contributed by atoms with Gasteiger partial charge in [-0.25, -0.2) is 4.79 Å². The van der Waals surface area contributed by atoms with E-state index in [0.717, 1.165) is 6.42 Å². The summed E-state index contributed by atoms with van der Waals surface area (Å²) < 4.78 is 0. The van der Waals surface area contributed by atoms with Crippen molar-refractivity contribution in [1.29, 1.82) is 0 Å². The molecule has 0 saturated heterocycles. The summed E-state index contributed by atoms with van der Waals surface area (Å²) in [5.74, 6) is -0.830. The number of carbonyl (C=O) groups is 2. The molecule has 0 aromatic rings. The fourth-order valence-electron chi connectivity index (χ4n) is 1.45. The molecule has 1 aliphatic rings. The van der Waals surface area contributed by atoms with Gasteiger partial charge in [0.1, 0.15) is 0 Å². The van der Waals surface area contributed by atoms with Crippen molar-refractivity contribution in [2.75, 3.05) is 13.1 Å². The molecule has 1 aliphatic carbocycles. The van der Waals surface area contributed by atoms with Crippen molar-refractivity contribution in [1.82, 2.24) is 10.6 Å². The van der Waals surface area contributed by atoms with Gasteiger partial charge in [0.15, 0.2) is 0 Å². The Balaban J connectivity index is 1.92. The highest BCUT2D eigenvalue weighted by atomic mass is 16.4. The summed E-state index contributed by atoms with van der Waals surface area (Å²) in [7, 11) is 0. The first-order valence-electron chi connectivity index (χ1n) is 5.75. The number of urea groups is 1. The second kappa shape index (κ2) is 5.72. The van der Waals surface area contributed by atoms with E-state index in [-0.39, 0.29) is 12.5 Å². The van der Waals surface area contributed by atoms with Crippen molar-refractivity contribution in [3.8, 4) is 0 Å². The lowest BCUT2D eigenvalue weighted by atomic mass is 10.1. The van der Waals surface area contributed by atoms with Crippen molar-refractivity contribution >= 4 is 12.0 Å². The maximum absolute atomic E-state index is 11.2. The first-order valence-corrected chi connectivity index (χ1v) is 5.75. The van der Waals surface area contributed by atoms with Crippen molar-refractivity contribution in [3.05, 3.63) is 0 Å². The highest BCUT2D eigenvalue weighted by molar-refractivity contribution is 5.73. The van der Waals surface area contributed by atoms with Crippen molar-refractivity contribution < 1.29 is 14.7 Å². The van der Waals surface area contributed by atoms with Crippen LogP contribution in [0.5, 0.6) is 0 Å². The lowest BCUT2D eigenvalue weighted by molar-refractivity contribution is -0.137. The van der Waals surface area contributed by atoms with Gasteiger partial charge in [-0.3, -0.25) is 4.79 Å². The molecule has 3 N–H and O–H groups in total. The molecule has 2 amide bonds. The summed E-state index contributed by atoms with van der Waals surface area (Å²) >= 11 is 0. The number of carboxylic acids is 1. The van der Waals surface area contributed by atoms with Gasteiger partial charge in [0.05, 0.1) is 0 Å². The minimum Gasteiger partial charge on any atom is -0.481 e. The second-order valence-electron chi connectivity index (χ2n) is 4.74. The van der Waals surface area contributed by atoms with Crippen molar-refractivity contribution in [2.24, 2.45) is 5.41 Å². The average Bonchev–Trinajstić information content (AvgIpc) is 2.91. The van der Waals surface area contributed by atoms with Crippen molar-refractivity contribution in [2.45, 2.75) is 39.0 Å². The Hall–Kier alpha value is -1.26. The minimum atomic E-state index is -0.830. The highest BCUT2D eigenvalue weighted by Crippen LogP contribution is 2.47. The molecule has 0 bridgehead atoms. The molecule has 5 heteroatoms. The van der Waals surface area contributed by atoms with Crippen LogP contribution in [0.3, 0.4) is 0 Å². The number of carbonyl (C=O) groups excluding carboxylic acids is 1. The molecule has 92 valence electrons. The third-order valence-corrected chi connectivity index (χ3v) is 2.97. The van der Waals surface area contributed by atoms with E-state index in [0.29, 0.717) is 24.9 Å². The lowest BCUT2D eigenvalue weighted by Crippen LogP contribution is -2.37. The Labute approximate surface area is 95.6 Å². The second-order valence-corrected chi connectivity index (χ2v) is 4.74. The van der Waals surface area contributed by atoms with Crippen LogP contribution in [0.15, 0.2) is 0 Å². The van der Waals surface area contributed by atoms with E-state index in [4.69, 9.17) is 5.11 Å². The molecule has 0 aromatic carbocycles. The number of rotatable bonds is 7. The number of carboxylic acid groups (broad SMARTS) is 1. The fraction of sp³-hybridized carbons (Fsp3) is 0.818. The fourth-order valence-corrected chi connectivity index (χ4v) is 1.45. The Morgan fingerprint density at radius 2 is 1.88 bits per heavy atom. The Morgan fingerprint density at radius 1 is 1.25 bits per heavy atom. The van der Waals surface area contributed by atoms with Crippen LogP contribution in [0.2, 0.25) is 0 Å². The standard InChI is InChI=1S/C11H20N2O3/c1-11(4-5-11)6-8-13-10(16)12-7-2-3-9(14)15/h2-8H2,1H3,(H,14,15)(H2,12,13,16). The molecule has 1 fully saturated rings. The van der Waals surface area contributed by atoms with Gasteiger partial charge < -0.3 is 15.7 Å². The average molecular weight is 228 g/mol. The number of hydrogen-bond donors (Lipinski definition) is 3. The van der Waals surface area contributed by atoms with E-state index in [1.165, 1.54) is 12.8 Å². The van der Waals surface area contributed by atoms with E-state index in [1.807, 2.05) is 0 Å². The van der Waals surface area contributed by atoms with E-state index >= 15 is 0 Å². The van der Waals surface area contributed by atoms with Gasteiger partial charge in [-0.15, -0.1) is 0 Å². The largest absolute Gasteiger partial charge is 0.481 e. The van der Waals surface area contributed by atoms with E-state index in [1.54, 1.807) is 0 Å². The zero-order valence-corrected chi connectivity index (χ0v) is 9.71.